The van der Waals surface area contributed by atoms with Gasteiger partial charge in [-0.1, -0.05) is 49.3 Å². The van der Waals surface area contributed by atoms with Gasteiger partial charge in [-0.15, -0.1) is 0 Å². The number of piperazine rings is 1. The van der Waals surface area contributed by atoms with E-state index in [4.69, 9.17) is 9.26 Å². The third-order valence-corrected chi connectivity index (χ3v) is 6.24. The predicted molar refractivity (Wildman–Crippen MR) is 135 cm³/mol. The molecule has 0 aliphatic carbocycles. The van der Waals surface area contributed by atoms with Crippen LogP contribution in [0.5, 0.6) is 5.75 Å². The molecule has 1 aliphatic rings. The summed E-state index contributed by atoms with van der Waals surface area (Å²) >= 11 is 0. The molecule has 4 aromatic rings. The fraction of sp³-hybridized carbons (Fsp3) is 0.333. The van der Waals surface area contributed by atoms with Crippen molar-refractivity contribution >= 4 is 22.5 Å². The molecule has 35 heavy (non-hydrogen) atoms. The van der Waals surface area contributed by atoms with Gasteiger partial charge in [-0.05, 0) is 35.9 Å². The topological polar surface area (TPSA) is 84.6 Å². The number of pyridine rings is 1. The Labute approximate surface area is 204 Å². The Morgan fingerprint density at radius 1 is 1.06 bits per heavy atom. The fourth-order valence-corrected chi connectivity index (χ4v) is 4.34. The average molecular weight is 472 g/mol. The molecule has 8 heteroatoms. The first-order valence-electron chi connectivity index (χ1n) is 12.0. The minimum Gasteiger partial charge on any atom is -0.493 e. The van der Waals surface area contributed by atoms with Crippen molar-refractivity contribution in [2.45, 2.75) is 26.7 Å². The maximum Gasteiger partial charge on any atom is 0.258 e. The molecule has 2 aromatic heterocycles. The molecule has 1 saturated heterocycles. The summed E-state index contributed by atoms with van der Waals surface area (Å²) < 4.78 is 11.1. The summed E-state index contributed by atoms with van der Waals surface area (Å²) in [5.41, 5.74) is 1.46. The van der Waals surface area contributed by atoms with Crippen LogP contribution in [0.25, 0.3) is 22.2 Å². The molecule has 3 heterocycles. The van der Waals surface area contributed by atoms with E-state index >= 15 is 0 Å². The standard InChI is InChI=1S/C27H29N5O3/c1-4-34-22-11-9-19-7-5-6-8-21(19)24(22)27(33)32-15-13-31(14-16-32)23-12-10-20(17-28-23)25-29-26(18(2)3)35-30-25/h5-12,17-18H,4,13-16H2,1-3H3. The Morgan fingerprint density at radius 2 is 1.86 bits per heavy atom. The molecule has 0 bridgehead atoms. The molecule has 0 N–H and O–H groups in total. The molecule has 5 rings (SSSR count). The maximum absolute atomic E-state index is 13.6. The van der Waals surface area contributed by atoms with Crippen LogP contribution in [0, 0.1) is 0 Å². The molecule has 180 valence electrons. The zero-order valence-corrected chi connectivity index (χ0v) is 20.3. The average Bonchev–Trinajstić information content (AvgIpc) is 3.40. The van der Waals surface area contributed by atoms with Crippen LogP contribution in [0.15, 0.2) is 59.3 Å². The Morgan fingerprint density at radius 3 is 2.54 bits per heavy atom. The van der Waals surface area contributed by atoms with E-state index < -0.39 is 0 Å². The van der Waals surface area contributed by atoms with Crippen LogP contribution in [-0.2, 0) is 0 Å². The number of fused-ring (bicyclic) bond motifs is 1. The van der Waals surface area contributed by atoms with Crippen molar-refractivity contribution in [3.63, 3.8) is 0 Å². The van der Waals surface area contributed by atoms with Gasteiger partial charge >= 0.3 is 0 Å². The van der Waals surface area contributed by atoms with Gasteiger partial charge in [-0.3, -0.25) is 4.79 Å². The van der Waals surface area contributed by atoms with Gasteiger partial charge in [-0.2, -0.15) is 4.98 Å². The SMILES string of the molecule is CCOc1ccc2ccccc2c1C(=O)N1CCN(c2ccc(-c3noc(C(C)C)n3)cn2)CC1. The van der Waals surface area contributed by atoms with E-state index in [0.717, 1.165) is 22.2 Å². The lowest BCUT2D eigenvalue weighted by molar-refractivity contribution is 0.0744. The van der Waals surface area contributed by atoms with E-state index in [1.54, 1.807) is 6.20 Å². The first-order chi connectivity index (χ1) is 17.0. The van der Waals surface area contributed by atoms with E-state index in [-0.39, 0.29) is 11.8 Å². The van der Waals surface area contributed by atoms with Gasteiger partial charge in [0.15, 0.2) is 0 Å². The van der Waals surface area contributed by atoms with Crippen LogP contribution in [0.2, 0.25) is 0 Å². The van der Waals surface area contributed by atoms with Crippen LogP contribution in [0.1, 0.15) is 42.9 Å². The van der Waals surface area contributed by atoms with Gasteiger partial charge in [0.1, 0.15) is 11.6 Å². The number of nitrogens with zero attached hydrogens (tertiary/aromatic N) is 5. The Bertz CT molecular complexity index is 1320. The van der Waals surface area contributed by atoms with Crippen LogP contribution in [0.3, 0.4) is 0 Å². The Kier molecular flexibility index (Phi) is 6.35. The lowest BCUT2D eigenvalue weighted by atomic mass is 10.0. The van der Waals surface area contributed by atoms with E-state index in [9.17, 15) is 4.79 Å². The van der Waals surface area contributed by atoms with E-state index in [2.05, 4.69) is 20.0 Å². The van der Waals surface area contributed by atoms with Crippen molar-refractivity contribution in [1.29, 1.82) is 0 Å². The summed E-state index contributed by atoms with van der Waals surface area (Å²) in [6, 6.07) is 15.8. The molecule has 1 fully saturated rings. The number of carbonyl (C=O) groups is 1. The lowest BCUT2D eigenvalue weighted by Gasteiger charge is -2.35. The number of hydrogen-bond donors (Lipinski definition) is 0. The highest BCUT2D eigenvalue weighted by molar-refractivity contribution is 6.09. The molecule has 1 aliphatic heterocycles. The second kappa shape index (κ2) is 9.74. The third-order valence-electron chi connectivity index (χ3n) is 6.24. The smallest absolute Gasteiger partial charge is 0.258 e. The summed E-state index contributed by atoms with van der Waals surface area (Å²) in [6.45, 7) is 9.10. The first kappa shape index (κ1) is 22.8. The number of carbonyl (C=O) groups excluding carboxylic acids is 1. The van der Waals surface area contributed by atoms with Crippen LogP contribution < -0.4 is 9.64 Å². The van der Waals surface area contributed by atoms with E-state index in [1.165, 1.54) is 0 Å². The van der Waals surface area contributed by atoms with Gasteiger partial charge in [-0.25, -0.2) is 4.98 Å². The number of hydrogen-bond acceptors (Lipinski definition) is 7. The van der Waals surface area contributed by atoms with E-state index in [0.29, 0.717) is 55.8 Å². The van der Waals surface area contributed by atoms with Crippen LogP contribution >= 0.6 is 0 Å². The molecular weight excluding hydrogens is 442 g/mol. The molecule has 0 saturated carbocycles. The molecule has 0 spiro atoms. The van der Waals surface area contributed by atoms with Gasteiger partial charge in [0.05, 0.1) is 12.2 Å². The van der Waals surface area contributed by atoms with Crippen molar-refractivity contribution in [2.75, 3.05) is 37.7 Å². The van der Waals surface area contributed by atoms with Gasteiger partial charge in [0.25, 0.3) is 5.91 Å². The quantitative estimate of drug-likeness (QED) is 0.400. The molecule has 1 amide bonds. The van der Waals surface area contributed by atoms with Gasteiger partial charge in [0.2, 0.25) is 11.7 Å². The van der Waals surface area contributed by atoms with Crippen LogP contribution in [-0.4, -0.2) is 58.7 Å². The van der Waals surface area contributed by atoms with Crippen LogP contribution in [0.4, 0.5) is 5.82 Å². The van der Waals surface area contributed by atoms with Crippen molar-refractivity contribution < 1.29 is 14.1 Å². The Balaban J connectivity index is 1.29. The summed E-state index contributed by atoms with van der Waals surface area (Å²) in [7, 11) is 0. The molecule has 2 aromatic carbocycles. The van der Waals surface area contributed by atoms with Gasteiger partial charge in [0, 0.05) is 43.9 Å². The number of amides is 1. The zero-order chi connectivity index (χ0) is 24.4. The van der Waals surface area contributed by atoms with Crippen molar-refractivity contribution in [3.05, 3.63) is 66.2 Å². The van der Waals surface area contributed by atoms with Crippen molar-refractivity contribution in [3.8, 4) is 17.1 Å². The summed E-state index contributed by atoms with van der Waals surface area (Å²) in [5.74, 6) is 2.85. The Hall–Kier alpha value is -3.94. The fourth-order valence-electron chi connectivity index (χ4n) is 4.34. The minimum absolute atomic E-state index is 0.00581. The summed E-state index contributed by atoms with van der Waals surface area (Å²) in [6.07, 6.45) is 1.77. The minimum atomic E-state index is 0.00581. The number of rotatable bonds is 6. The summed E-state index contributed by atoms with van der Waals surface area (Å²) in [4.78, 5) is 26.7. The molecule has 0 atom stereocenters. The largest absolute Gasteiger partial charge is 0.493 e. The normalized spacial score (nSPS) is 14.1. The molecule has 8 nitrogen and oxygen atoms in total. The van der Waals surface area contributed by atoms with E-state index in [1.807, 2.05) is 74.2 Å². The molecule has 0 radical (unpaired) electrons. The molecular formula is C27H29N5O3. The number of aromatic nitrogens is 3. The highest BCUT2D eigenvalue weighted by atomic mass is 16.5. The third kappa shape index (κ3) is 4.56. The maximum atomic E-state index is 13.6. The van der Waals surface area contributed by atoms with Crippen molar-refractivity contribution in [1.82, 2.24) is 20.0 Å². The monoisotopic (exact) mass is 471 g/mol. The second-order valence-corrected chi connectivity index (χ2v) is 8.89. The molecule has 0 unspecified atom stereocenters. The number of benzene rings is 2. The van der Waals surface area contributed by atoms with Gasteiger partial charge < -0.3 is 19.1 Å². The second-order valence-electron chi connectivity index (χ2n) is 8.89. The first-order valence-corrected chi connectivity index (χ1v) is 12.0. The highest BCUT2D eigenvalue weighted by Crippen LogP contribution is 2.30. The summed E-state index contributed by atoms with van der Waals surface area (Å²) in [5, 5.41) is 6.01. The zero-order valence-electron chi connectivity index (χ0n) is 20.3. The highest BCUT2D eigenvalue weighted by Gasteiger charge is 2.26. The lowest BCUT2D eigenvalue weighted by Crippen LogP contribution is -2.49. The number of anilines is 1. The number of ether oxygens (including phenoxy) is 1. The predicted octanol–water partition coefficient (Wildman–Crippen LogP) is 4.77. The van der Waals surface area contributed by atoms with Crippen molar-refractivity contribution in [2.24, 2.45) is 0 Å².